The minimum absolute atomic E-state index is 0.0649. The molecule has 29 heavy (non-hydrogen) atoms. The molecule has 0 aliphatic carbocycles. The van der Waals surface area contributed by atoms with E-state index in [0.29, 0.717) is 0 Å². The first kappa shape index (κ1) is 24.0. The second-order valence-corrected chi connectivity index (χ2v) is 6.60. The van der Waals surface area contributed by atoms with Crippen molar-refractivity contribution in [2.75, 3.05) is 26.4 Å². The molecule has 11 heteroatoms. The Morgan fingerprint density at radius 2 is 1.00 bits per heavy atom. The highest BCUT2D eigenvalue weighted by Crippen LogP contribution is 2.28. The highest BCUT2D eigenvalue weighted by molar-refractivity contribution is 4.93. The van der Waals surface area contributed by atoms with Gasteiger partial charge in [-0.2, -0.15) is 0 Å². The van der Waals surface area contributed by atoms with Crippen LogP contribution in [0.1, 0.15) is 0 Å². The fourth-order valence-electron chi connectivity index (χ4n) is 2.93. The van der Waals surface area contributed by atoms with Crippen molar-refractivity contribution in [2.24, 2.45) is 0 Å². The molecule has 0 aromatic carbocycles. The van der Waals surface area contributed by atoms with Crippen molar-refractivity contribution in [3.63, 3.8) is 0 Å². The van der Waals surface area contributed by atoms with Crippen LogP contribution < -0.4 is 0 Å². The lowest BCUT2D eigenvalue weighted by Crippen LogP contribution is -2.63. The highest BCUT2D eigenvalue weighted by atomic mass is 16.8. The van der Waals surface area contributed by atoms with E-state index in [9.17, 15) is 30.6 Å². The van der Waals surface area contributed by atoms with Gasteiger partial charge in [-0.25, -0.2) is 0 Å². The van der Waals surface area contributed by atoms with Gasteiger partial charge in [0.05, 0.1) is 13.2 Å². The van der Waals surface area contributed by atoms with Crippen molar-refractivity contribution in [3.05, 3.63) is 0 Å². The molecule has 2 rings (SSSR count). The predicted octanol–water partition coefficient (Wildman–Crippen LogP) is -4.08. The van der Waals surface area contributed by atoms with Crippen LogP contribution in [0.15, 0.2) is 0 Å². The molecule has 0 spiro atoms. The summed E-state index contributed by atoms with van der Waals surface area (Å²) < 4.78 is 26.4. The van der Waals surface area contributed by atoms with Crippen LogP contribution in [0.2, 0.25) is 0 Å². The Kier molecular flexibility index (Phi) is 9.23. The van der Waals surface area contributed by atoms with Crippen LogP contribution in [0.5, 0.6) is 0 Å². The van der Waals surface area contributed by atoms with Crippen molar-refractivity contribution >= 4 is 0 Å². The summed E-state index contributed by atoms with van der Waals surface area (Å²) >= 11 is 0. The average Bonchev–Trinajstić information content (AvgIpc) is 2.71. The number of hydrogen-bond acceptors (Lipinski definition) is 11. The van der Waals surface area contributed by atoms with E-state index in [2.05, 4.69) is 11.8 Å². The summed E-state index contributed by atoms with van der Waals surface area (Å²) in [5.74, 6) is 4.46. The summed E-state index contributed by atoms with van der Waals surface area (Å²) in [6.45, 7) is -0.533. The molecule has 0 amide bonds. The molecule has 0 radical (unpaired) electrons. The van der Waals surface area contributed by atoms with Crippen LogP contribution in [-0.2, 0) is 23.7 Å². The first-order chi connectivity index (χ1) is 13.8. The van der Waals surface area contributed by atoms with Crippen LogP contribution in [0.25, 0.3) is 0 Å². The Balaban J connectivity index is 2.04. The van der Waals surface area contributed by atoms with Gasteiger partial charge in [0.1, 0.15) is 62.0 Å². The molecule has 6 unspecified atom stereocenters. The van der Waals surface area contributed by atoms with E-state index >= 15 is 0 Å². The van der Waals surface area contributed by atoms with Crippen molar-refractivity contribution < 1.29 is 54.3 Å². The largest absolute Gasteiger partial charge is 0.387 e. The molecule has 164 valence electrons. The number of ether oxygens (including phenoxy) is 5. The summed E-state index contributed by atoms with van der Waals surface area (Å²) in [5.41, 5.74) is 0. The van der Waals surface area contributed by atoms with Gasteiger partial charge < -0.3 is 54.3 Å². The molecule has 2 heterocycles. The first-order valence-electron chi connectivity index (χ1n) is 8.89. The standard InChI is InChI=1S/C18H26O11/c1-3-5-25-7-9-11(19)13(21)15(23)17(27-9)29-18-16(24)14(22)12(20)10(28-18)8-26-6-4-2/h1-2,9-24H,5-8H2/t9?,10?,11-,12+,13?,14?,15?,16?,17+,18-. The van der Waals surface area contributed by atoms with E-state index in [1.54, 1.807) is 0 Å². The Bertz CT molecular complexity index is 537. The number of rotatable bonds is 8. The Labute approximate surface area is 167 Å². The van der Waals surface area contributed by atoms with Crippen molar-refractivity contribution in [1.29, 1.82) is 0 Å². The summed E-state index contributed by atoms with van der Waals surface area (Å²) in [6.07, 6.45) is -4.85. The molecule has 11 nitrogen and oxygen atoms in total. The zero-order valence-corrected chi connectivity index (χ0v) is 15.5. The third kappa shape index (κ3) is 5.86. The molecule has 2 aliphatic heterocycles. The van der Waals surface area contributed by atoms with Gasteiger partial charge in [0, 0.05) is 0 Å². The van der Waals surface area contributed by atoms with E-state index in [1.807, 2.05) is 0 Å². The second kappa shape index (κ2) is 11.2. The second-order valence-electron chi connectivity index (χ2n) is 6.60. The van der Waals surface area contributed by atoms with E-state index < -0.39 is 61.4 Å². The summed E-state index contributed by atoms with van der Waals surface area (Å²) in [6, 6.07) is 0. The summed E-state index contributed by atoms with van der Waals surface area (Å²) in [5, 5.41) is 60.4. The molecular formula is C18H26O11. The monoisotopic (exact) mass is 418 g/mol. The van der Waals surface area contributed by atoms with Crippen LogP contribution in [0.3, 0.4) is 0 Å². The minimum Gasteiger partial charge on any atom is -0.387 e. The predicted molar refractivity (Wildman–Crippen MR) is 93.8 cm³/mol. The molecule has 10 atom stereocenters. The fraction of sp³-hybridized carbons (Fsp3) is 0.778. The van der Waals surface area contributed by atoms with Gasteiger partial charge in [0.15, 0.2) is 12.6 Å². The topological polar surface area (TPSA) is 168 Å². The van der Waals surface area contributed by atoms with Gasteiger partial charge in [-0.05, 0) is 0 Å². The molecule has 0 aromatic heterocycles. The molecule has 6 N–H and O–H groups in total. The molecule has 2 fully saturated rings. The SMILES string of the molecule is C#CCOCC1O[C@@H](O[C@H]2OC(COCC#C)[C@H](O)C(O)C2O)C(O)C(O)[C@@H]1O. The molecule has 0 aromatic rings. The van der Waals surface area contributed by atoms with Gasteiger partial charge in [0.2, 0.25) is 0 Å². The lowest BCUT2D eigenvalue weighted by molar-refractivity contribution is -0.377. The zero-order chi connectivity index (χ0) is 21.6. The van der Waals surface area contributed by atoms with Gasteiger partial charge in [-0.15, -0.1) is 12.8 Å². The number of aliphatic hydroxyl groups excluding tert-OH is 6. The summed E-state index contributed by atoms with van der Waals surface area (Å²) in [4.78, 5) is 0. The zero-order valence-electron chi connectivity index (χ0n) is 15.5. The van der Waals surface area contributed by atoms with Crippen LogP contribution >= 0.6 is 0 Å². The Morgan fingerprint density at radius 1 is 0.621 bits per heavy atom. The average molecular weight is 418 g/mol. The smallest absolute Gasteiger partial charge is 0.189 e. The lowest BCUT2D eigenvalue weighted by Gasteiger charge is -2.44. The molecule has 0 saturated carbocycles. The molecular weight excluding hydrogens is 392 g/mol. The Hall–Kier alpha value is -1.32. The van der Waals surface area contributed by atoms with Crippen molar-refractivity contribution in [1.82, 2.24) is 0 Å². The van der Waals surface area contributed by atoms with E-state index in [4.69, 9.17) is 36.5 Å². The van der Waals surface area contributed by atoms with Gasteiger partial charge in [0.25, 0.3) is 0 Å². The van der Waals surface area contributed by atoms with Gasteiger partial charge >= 0.3 is 0 Å². The molecule has 2 saturated heterocycles. The van der Waals surface area contributed by atoms with E-state index in [0.717, 1.165) is 0 Å². The Morgan fingerprint density at radius 3 is 1.34 bits per heavy atom. The van der Waals surface area contributed by atoms with Gasteiger partial charge in [-0.3, -0.25) is 0 Å². The third-order valence-electron chi connectivity index (χ3n) is 4.54. The fourth-order valence-corrected chi connectivity index (χ4v) is 2.93. The highest BCUT2D eigenvalue weighted by Gasteiger charge is 2.49. The molecule has 2 aliphatic rings. The van der Waals surface area contributed by atoms with Crippen molar-refractivity contribution in [2.45, 2.75) is 61.4 Å². The normalized spacial score (nSPS) is 42.8. The third-order valence-corrected chi connectivity index (χ3v) is 4.54. The first-order valence-corrected chi connectivity index (χ1v) is 8.89. The number of terminal acetylenes is 2. The minimum atomic E-state index is -1.70. The van der Waals surface area contributed by atoms with Gasteiger partial charge in [-0.1, -0.05) is 11.8 Å². The van der Waals surface area contributed by atoms with Crippen LogP contribution in [0, 0.1) is 24.7 Å². The maximum atomic E-state index is 10.1. The van der Waals surface area contributed by atoms with E-state index in [-0.39, 0.29) is 26.4 Å². The van der Waals surface area contributed by atoms with E-state index in [1.165, 1.54) is 0 Å². The molecule has 0 bridgehead atoms. The quantitative estimate of drug-likeness (QED) is 0.167. The van der Waals surface area contributed by atoms with Crippen LogP contribution in [-0.4, -0.2) is 118 Å². The van der Waals surface area contributed by atoms with Crippen molar-refractivity contribution in [3.8, 4) is 24.7 Å². The maximum absolute atomic E-state index is 10.1. The number of aliphatic hydroxyl groups is 6. The lowest BCUT2D eigenvalue weighted by atomic mass is 9.98. The summed E-state index contributed by atoms with van der Waals surface area (Å²) in [7, 11) is 0. The number of hydrogen-bond donors (Lipinski definition) is 6. The van der Waals surface area contributed by atoms with Crippen LogP contribution in [0.4, 0.5) is 0 Å². The maximum Gasteiger partial charge on any atom is 0.189 e.